The highest BCUT2D eigenvalue weighted by atomic mass is 16.6. The average molecular weight is 241 g/mol. The Morgan fingerprint density at radius 2 is 1.76 bits per heavy atom. The summed E-state index contributed by atoms with van der Waals surface area (Å²) in [4.78, 5) is 2.59. The van der Waals surface area contributed by atoms with Gasteiger partial charge in [0, 0.05) is 18.6 Å². The topological polar surface area (TPSA) is 21.7 Å². The monoisotopic (exact) mass is 241 g/mol. The molecule has 2 saturated heterocycles. The second-order valence-corrected chi connectivity index (χ2v) is 6.68. The van der Waals surface area contributed by atoms with E-state index in [4.69, 9.17) is 9.47 Å². The lowest BCUT2D eigenvalue weighted by molar-refractivity contribution is -0.205. The van der Waals surface area contributed by atoms with E-state index >= 15 is 0 Å². The van der Waals surface area contributed by atoms with Gasteiger partial charge in [-0.2, -0.15) is 0 Å². The first kappa shape index (κ1) is 13.3. The fourth-order valence-electron chi connectivity index (χ4n) is 3.30. The summed E-state index contributed by atoms with van der Waals surface area (Å²) in [6.07, 6.45) is 1.66. The fourth-order valence-corrected chi connectivity index (χ4v) is 3.30. The Kier molecular flexibility index (Phi) is 3.81. The van der Waals surface area contributed by atoms with Crippen LogP contribution in [-0.2, 0) is 9.47 Å². The van der Waals surface area contributed by atoms with Crippen molar-refractivity contribution < 1.29 is 9.47 Å². The Morgan fingerprint density at radius 1 is 1.12 bits per heavy atom. The van der Waals surface area contributed by atoms with Gasteiger partial charge in [0.05, 0.1) is 25.4 Å². The zero-order chi connectivity index (χ0) is 12.6. The first-order valence-electron chi connectivity index (χ1n) is 6.90. The van der Waals surface area contributed by atoms with Crippen molar-refractivity contribution in [1.29, 1.82) is 0 Å². The third kappa shape index (κ3) is 2.67. The van der Waals surface area contributed by atoms with E-state index < -0.39 is 0 Å². The molecule has 0 aliphatic carbocycles. The molecule has 3 atom stereocenters. The van der Waals surface area contributed by atoms with Crippen LogP contribution in [0.3, 0.4) is 0 Å². The molecular formula is C14H27NO2. The average Bonchev–Trinajstić information content (AvgIpc) is 2.26. The molecule has 17 heavy (non-hydrogen) atoms. The molecule has 0 aromatic carbocycles. The maximum absolute atomic E-state index is 6.03. The van der Waals surface area contributed by atoms with Crippen molar-refractivity contribution >= 4 is 0 Å². The lowest BCUT2D eigenvalue weighted by Gasteiger charge is -2.53. The first-order chi connectivity index (χ1) is 7.91. The van der Waals surface area contributed by atoms with Crippen LogP contribution in [0.5, 0.6) is 0 Å². The van der Waals surface area contributed by atoms with E-state index in [1.54, 1.807) is 0 Å². The number of nitrogens with zero attached hydrogens (tertiary/aromatic N) is 1. The molecule has 3 unspecified atom stereocenters. The summed E-state index contributed by atoms with van der Waals surface area (Å²) in [5, 5.41) is 0. The van der Waals surface area contributed by atoms with Gasteiger partial charge in [-0.25, -0.2) is 0 Å². The number of likely N-dealkylation sites (tertiary alicyclic amines) is 1. The van der Waals surface area contributed by atoms with Gasteiger partial charge in [-0.1, -0.05) is 20.8 Å². The molecule has 0 saturated carbocycles. The van der Waals surface area contributed by atoms with E-state index in [9.17, 15) is 0 Å². The maximum atomic E-state index is 6.03. The molecule has 3 heteroatoms. The van der Waals surface area contributed by atoms with Gasteiger partial charge in [0.25, 0.3) is 0 Å². The fraction of sp³-hybridized carbons (Fsp3) is 1.00. The van der Waals surface area contributed by atoms with Crippen LogP contribution in [0.1, 0.15) is 41.0 Å². The molecule has 3 nitrogen and oxygen atoms in total. The van der Waals surface area contributed by atoms with E-state index in [-0.39, 0.29) is 11.5 Å². The Morgan fingerprint density at radius 3 is 2.35 bits per heavy atom. The number of piperidine rings is 1. The van der Waals surface area contributed by atoms with Crippen LogP contribution >= 0.6 is 0 Å². The van der Waals surface area contributed by atoms with Gasteiger partial charge >= 0.3 is 0 Å². The highest BCUT2D eigenvalue weighted by Gasteiger charge is 2.47. The van der Waals surface area contributed by atoms with Gasteiger partial charge in [-0.3, -0.25) is 4.90 Å². The van der Waals surface area contributed by atoms with Crippen molar-refractivity contribution in [3.05, 3.63) is 0 Å². The van der Waals surface area contributed by atoms with Crippen molar-refractivity contribution in [2.24, 2.45) is 5.41 Å². The van der Waals surface area contributed by atoms with E-state index in [2.05, 4.69) is 39.5 Å². The molecule has 2 fully saturated rings. The largest absolute Gasteiger partial charge is 0.373 e. The van der Waals surface area contributed by atoms with E-state index in [1.165, 1.54) is 0 Å². The Hall–Kier alpha value is -0.120. The Labute approximate surface area is 105 Å². The summed E-state index contributed by atoms with van der Waals surface area (Å²) in [6, 6.07) is 1.03. The van der Waals surface area contributed by atoms with Crippen LogP contribution in [0.4, 0.5) is 0 Å². The van der Waals surface area contributed by atoms with Gasteiger partial charge in [0.2, 0.25) is 0 Å². The van der Waals surface area contributed by atoms with Gasteiger partial charge in [0.15, 0.2) is 0 Å². The number of hydrogen-bond acceptors (Lipinski definition) is 3. The molecule has 2 rings (SSSR count). The minimum atomic E-state index is 0.230. The van der Waals surface area contributed by atoms with Gasteiger partial charge in [-0.15, -0.1) is 0 Å². The van der Waals surface area contributed by atoms with Gasteiger partial charge in [-0.05, 0) is 25.7 Å². The normalized spacial score (nSPS) is 36.0. The summed E-state index contributed by atoms with van der Waals surface area (Å²) >= 11 is 0. The number of hydrogen-bond donors (Lipinski definition) is 0. The molecule has 0 amide bonds. The summed E-state index contributed by atoms with van der Waals surface area (Å²) in [5.74, 6) is 0. The first-order valence-corrected chi connectivity index (χ1v) is 6.90. The summed E-state index contributed by atoms with van der Waals surface area (Å²) in [6.45, 7) is 14.1. The highest BCUT2D eigenvalue weighted by molar-refractivity contribution is 4.99. The quantitative estimate of drug-likeness (QED) is 0.703. The zero-order valence-electron chi connectivity index (χ0n) is 11.9. The predicted octanol–water partition coefficient (Wildman–Crippen LogP) is 2.30. The van der Waals surface area contributed by atoms with E-state index in [0.29, 0.717) is 18.2 Å². The lowest BCUT2D eigenvalue weighted by atomic mass is 9.77. The maximum Gasteiger partial charge on any atom is 0.0998 e. The molecule has 0 spiro atoms. The van der Waals surface area contributed by atoms with Crippen molar-refractivity contribution in [3.8, 4) is 0 Å². The zero-order valence-corrected chi connectivity index (χ0v) is 11.9. The standard InChI is InChI=1S/C14H27NO2/c1-10(2)15-7-6-11-12(17-9-8-16-11)13(15)14(3,4)5/h10-13H,6-9H2,1-5H3. The van der Waals surface area contributed by atoms with Crippen LogP contribution in [0, 0.1) is 5.41 Å². The van der Waals surface area contributed by atoms with Crippen molar-refractivity contribution in [1.82, 2.24) is 4.90 Å². The Balaban J connectivity index is 2.22. The molecule has 0 aromatic rings. The highest BCUT2D eigenvalue weighted by Crippen LogP contribution is 2.37. The molecule has 2 aliphatic heterocycles. The van der Waals surface area contributed by atoms with Crippen molar-refractivity contribution in [3.63, 3.8) is 0 Å². The summed E-state index contributed by atoms with van der Waals surface area (Å²) in [7, 11) is 0. The van der Waals surface area contributed by atoms with E-state index in [0.717, 1.165) is 26.2 Å². The second kappa shape index (κ2) is 4.87. The summed E-state index contributed by atoms with van der Waals surface area (Å²) in [5.41, 5.74) is 0.230. The number of ether oxygens (including phenoxy) is 2. The smallest absolute Gasteiger partial charge is 0.0998 e. The molecule has 0 aromatic heterocycles. The van der Waals surface area contributed by atoms with Crippen LogP contribution in [0.2, 0.25) is 0 Å². The molecule has 2 heterocycles. The number of rotatable bonds is 1. The van der Waals surface area contributed by atoms with Crippen LogP contribution in [-0.4, -0.2) is 49.0 Å². The molecular weight excluding hydrogens is 214 g/mol. The minimum Gasteiger partial charge on any atom is -0.373 e. The Bertz CT molecular complexity index is 259. The minimum absolute atomic E-state index is 0.230. The van der Waals surface area contributed by atoms with Gasteiger partial charge < -0.3 is 9.47 Å². The molecule has 2 aliphatic rings. The molecule has 0 bridgehead atoms. The molecule has 100 valence electrons. The van der Waals surface area contributed by atoms with Crippen LogP contribution in [0.25, 0.3) is 0 Å². The van der Waals surface area contributed by atoms with Crippen LogP contribution in [0.15, 0.2) is 0 Å². The lowest BCUT2D eigenvalue weighted by Crippen LogP contribution is -2.64. The molecule has 0 N–H and O–H groups in total. The van der Waals surface area contributed by atoms with Gasteiger partial charge in [0.1, 0.15) is 0 Å². The third-order valence-corrected chi connectivity index (χ3v) is 3.98. The van der Waals surface area contributed by atoms with Crippen molar-refractivity contribution in [2.45, 2.75) is 65.3 Å². The van der Waals surface area contributed by atoms with E-state index in [1.807, 2.05) is 0 Å². The third-order valence-electron chi connectivity index (χ3n) is 3.98. The van der Waals surface area contributed by atoms with Crippen LogP contribution < -0.4 is 0 Å². The van der Waals surface area contributed by atoms with Crippen molar-refractivity contribution in [2.75, 3.05) is 19.8 Å². The SMILES string of the molecule is CC(C)N1CCC2OCCOC2C1C(C)(C)C. The second-order valence-electron chi connectivity index (χ2n) is 6.68. The predicted molar refractivity (Wildman–Crippen MR) is 69.2 cm³/mol. The molecule has 0 radical (unpaired) electrons. The summed E-state index contributed by atoms with van der Waals surface area (Å²) < 4.78 is 11.9. The number of fused-ring (bicyclic) bond motifs is 1.